The van der Waals surface area contributed by atoms with Gasteiger partial charge in [-0.3, -0.25) is 4.90 Å². The van der Waals surface area contributed by atoms with Crippen LogP contribution in [0.3, 0.4) is 0 Å². The SMILES string of the molecule is COc1ccc(S(=O)(=O)N(C)CC2CC(Oc3ccc(CN4CCCC4)c(Cl)c3)C2)cc1. The molecule has 0 unspecified atom stereocenters. The van der Waals surface area contributed by atoms with E-state index in [-0.39, 0.29) is 16.9 Å². The molecule has 1 heterocycles. The summed E-state index contributed by atoms with van der Waals surface area (Å²) in [4.78, 5) is 2.70. The summed E-state index contributed by atoms with van der Waals surface area (Å²) >= 11 is 6.49. The van der Waals surface area contributed by atoms with E-state index in [1.54, 1.807) is 38.4 Å². The number of halogens is 1. The quantitative estimate of drug-likeness (QED) is 0.534. The number of hydrogen-bond donors (Lipinski definition) is 0. The predicted octanol–water partition coefficient (Wildman–Crippen LogP) is 4.42. The van der Waals surface area contributed by atoms with Crippen molar-refractivity contribution in [3.05, 3.63) is 53.1 Å². The normalized spacial score (nSPS) is 21.5. The van der Waals surface area contributed by atoms with Crippen LogP contribution in [0.4, 0.5) is 0 Å². The molecule has 2 aliphatic rings. The minimum atomic E-state index is -3.52. The smallest absolute Gasteiger partial charge is 0.242 e. The molecule has 0 spiro atoms. The van der Waals surface area contributed by atoms with Gasteiger partial charge in [-0.25, -0.2) is 12.7 Å². The molecule has 2 aromatic rings. The molecule has 2 aromatic carbocycles. The summed E-state index contributed by atoms with van der Waals surface area (Å²) in [5.74, 6) is 1.69. The first kappa shape index (κ1) is 23.4. The van der Waals surface area contributed by atoms with Crippen molar-refractivity contribution in [2.75, 3.05) is 33.8 Å². The van der Waals surface area contributed by atoms with Gasteiger partial charge in [-0.2, -0.15) is 0 Å². The Bertz CT molecular complexity index is 1020. The van der Waals surface area contributed by atoms with E-state index in [9.17, 15) is 8.42 Å². The summed E-state index contributed by atoms with van der Waals surface area (Å²) in [5.41, 5.74) is 1.14. The Morgan fingerprint density at radius 1 is 1.06 bits per heavy atom. The lowest BCUT2D eigenvalue weighted by Crippen LogP contribution is -2.41. The minimum Gasteiger partial charge on any atom is -0.497 e. The molecule has 1 aliphatic heterocycles. The maximum Gasteiger partial charge on any atom is 0.242 e. The van der Waals surface area contributed by atoms with E-state index in [1.165, 1.54) is 17.1 Å². The van der Waals surface area contributed by atoms with Crippen molar-refractivity contribution in [1.29, 1.82) is 0 Å². The van der Waals surface area contributed by atoms with E-state index < -0.39 is 10.0 Å². The summed E-state index contributed by atoms with van der Waals surface area (Å²) in [6.45, 7) is 3.64. The van der Waals surface area contributed by atoms with Gasteiger partial charge in [0.1, 0.15) is 11.5 Å². The van der Waals surface area contributed by atoms with Gasteiger partial charge in [0.15, 0.2) is 0 Å². The third kappa shape index (κ3) is 5.39. The average molecular weight is 479 g/mol. The van der Waals surface area contributed by atoms with Gasteiger partial charge in [-0.1, -0.05) is 17.7 Å². The first-order chi connectivity index (χ1) is 15.3. The summed E-state index contributed by atoms with van der Waals surface area (Å²) in [5, 5.41) is 0.746. The fourth-order valence-corrected chi connectivity index (χ4v) is 5.89. The summed E-state index contributed by atoms with van der Waals surface area (Å²) in [7, 11) is -0.328. The van der Waals surface area contributed by atoms with Crippen molar-refractivity contribution in [3.63, 3.8) is 0 Å². The standard InChI is InChI=1S/C24H31ClN2O4S/c1-26(32(28,29)23-9-7-20(30-2)8-10-23)16-18-13-22(14-18)31-21-6-5-19(24(25)15-21)17-27-11-3-4-12-27/h5-10,15,18,22H,3-4,11-14,16-17H2,1-2H3. The summed E-state index contributed by atoms with van der Waals surface area (Å²) in [6, 6.07) is 12.4. The van der Waals surface area contributed by atoms with E-state index in [2.05, 4.69) is 11.0 Å². The average Bonchev–Trinajstić information content (AvgIpc) is 3.27. The lowest BCUT2D eigenvalue weighted by atomic mass is 9.82. The van der Waals surface area contributed by atoms with E-state index in [1.807, 2.05) is 12.1 Å². The molecule has 8 heteroatoms. The van der Waals surface area contributed by atoms with Crippen LogP contribution in [0.15, 0.2) is 47.4 Å². The molecule has 0 N–H and O–H groups in total. The van der Waals surface area contributed by atoms with Crippen LogP contribution in [0, 0.1) is 5.92 Å². The molecule has 174 valence electrons. The van der Waals surface area contributed by atoms with Gasteiger partial charge in [0, 0.05) is 25.2 Å². The summed E-state index contributed by atoms with van der Waals surface area (Å²) in [6.07, 6.45) is 4.28. The van der Waals surface area contributed by atoms with Crippen molar-refractivity contribution in [1.82, 2.24) is 9.21 Å². The second-order valence-corrected chi connectivity index (χ2v) is 11.2. The molecular formula is C24H31ClN2O4S. The molecule has 0 atom stereocenters. The Morgan fingerprint density at radius 2 is 1.72 bits per heavy atom. The minimum absolute atomic E-state index is 0.0950. The predicted molar refractivity (Wildman–Crippen MR) is 126 cm³/mol. The van der Waals surface area contributed by atoms with E-state index in [0.29, 0.717) is 12.3 Å². The third-order valence-corrected chi connectivity index (χ3v) is 8.58. The molecule has 0 bridgehead atoms. The van der Waals surface area contributed by atoms with Crippen LogP contribution >= 0.6 is 11.6 Å². The molecule has 2 fully saturated rings. The topological polar surface area (TPSA) is 59.1 Å². The fraction of sp³-hybridized carbons (Fsp3) is 0.500. The number of sulfonamides is 1. The molecule has 0 aromatic heterocycles. The van der Waals surface area contributed by atoms with Crippen LogP contribution in [0.1, 0.15) is 31.2 Å². The zero-order valence-electron chi connectivity index (χ0n) is 18.7. The zero-order valence-corrected chi connectivity index (χ0v) is 20.2. The maximum absolute atomic E-state index is 12.8. The Hall–Kier alpha value is -1.80. The highest BCUT2D eigenvalue weighted by Crippen LogP contribution is 2.34. The van der Waals surface area contributed by atoms with Crippen LogP contribution in [0.25, 0.3) is 0 Å². The van der Waals surface area contributed by atoms with Crippen LogP contribution in [0.5, 0.6) is 11.5 Å². The van der Waals surface area contributed by atoms with E-state index in [4.69, 9.17) is 21.1 Å². The van der Waals surface area contributed by atoms with Crippen molar-refractivity contribution in [3.8, 4) is 11.5 Å². The third-order valence-electron chi connectivity index (χ3n) is 6.40. The van der Waals surface area contributed by atoms with Crippen molar-refractivity contribution < 1.29 is 17.9 Å². The van der Waals surface area contributed by atoms with Gasteiger partial charge in [-0.05, 0) is 86.7 Å². The Balaban J connectivity index is 1.26. The van der Waals surface area contributed by atoms with E-state index in [0.717, 1.165) is 48.8 Å². The van der Waals surface area contributed by atoms with Crippen LogP contribution in [0.2, 0.25) is 5.02 Å². The highest BCUT2D eigenvalue weighted by atomic mass is 35.5. The van der Waals surface area contributed by atoms with Gasteiger partial charge >= 0.3 is 0 Å². The number of ether oxygens (including phenoxy) is 2. The lowest BCUT2D eigenvalue weighted by Gasteiger charge is -2.37. The van der Waals surface area contributed by atoms with Gasteiger partial charge in [0.2, 0.25) is 10.0 Å². The number of likely N-dealkylation sites (tertiary alicyclic amines) is 1. The number of methoxy groups -OCH3 is 1. The molecule has 1 saturated carbocycles. The van der Waals surface area contributed by atoms with Crippen LogP contribution in [-0.2, 0) is 16.6 Å². The van der Waals surface area contributed by atoms with Crippen molar-refractivity contribution in [2.24, 2.45) is 5.92 Å². The second-order valence-electron chi connectivity index (χ2n) is 8.77. The first-order valence-electron chi connectivity index (χ1n) is 11.1. The number of hydrogen-bond acceptors (Lipinski definition) is 5. The largest absolute Gasteiger partial charge is 0.497 e. The Labute approximate surface area is 196 Å². The Morgan fingerprint density at radius 3 is 2.34 bits per heavy atom. The highest BCUT2D eigenvalue weighted by Gasteiger charge is 2.34. The molecule has 1 saturated heterocycles. The fourth-order valence-electron chi connectivity index (χ4n) is 4.41. The number of nitrogens with zero attached hydrogens (tertiary/aromatic N) is 2. The van der Waals surface area contributed by atoms with Gasteiger partial charge < -0.3 is 9.47 Å². The zero-order chi connectivity index (χ0) is 22.7. The monoisotopic (exact) mass is 478 g/mol. The second kappa shape index (κ2) is 10.00. The molecular weight excluding hydrogens is 448 g/mol. The lowest BCUT2D eigenvalue weighted by molar-refractivity contribution is 0.0575. The van der Waals surface area contributed by atoms with Crippen LogP contribution in [-0.4, -0.2) is 57.5 Å². The van der Waals surface area contributed by atoms with Crippen molar-refractivity contribution in [2.45, 2.75) is 43.2 Å². The molecule has 0 amide bonds. The van der Waals surface area contributed by atoms with Crippen molar-refractivity contribution >= 4 is 21.6 Å². The Kier molecular flexibility index (Phi) is 7.30. The highest BCUT2D eigenvalue weighted by molar-refractivity contribution is 7.89. The first-order valence-corrected chi connectivity index (χ1v) is 12.9. The maximum atomic E-state index is 12.8. The molecule has 0 radical (unpaired) electrons. The van der Waals surface area contributed by atoms with Gasteiger partial charge in [0.25, 0.3) is 0 Å². The number of benzene rings is 2. The van der Waals surface area contributed by atoms with Gasteiger partial charge in [0.05, 0.1) is 18.1 Å². The molecule has 1 aliphatic carbocycles. The van der Waals surface area contributed by atoms with Crippen LogP contribution < -0.4 is 9.47 Å². The summed E-state index contributed by atoms with van der Waals surface area (Å²) < 4.78 is 38.2. The number of rotatable bonds is 9. The molecule has 6 nitrogen and oxygen atoms in total. The molecule has 4 rings (SSSR count). The van der Waals surface area contributed by atoms with E-state index >= 15 is 0 Å². The molecule has 32 heavy (non-hydrogen) atoms. The van der Waals surface area contributed by atoms with Gasteiger partial charge in [-0.15, -0.1) is 0 Å².